The molecule has 1 atom stereocenters. The van der Waals surface area contributed by atoms with Crippen molar-refractivity contribution in [2.75, 3.05) is 11.4 Å². The number of imidazole rings is 1. The predicted octanol–water partition coefficient (Wildman–Crippen LogP) is 0.309. The number of carbonyl (C=O) groups is 1. The first-order chi connectivity index (χ1) is 13.3. The molecule has 3 aromatic rings. The van der Waals surface area contributed by atoms with E-state index in [1.165, 1.54) is 23.7 Å². The molecular formula is C18H19FN6O3. The molecule has 0 saturated carbocycles. The monoisotopic (exact) mass is 386 g/mol. The summed E-state index contributed by atoms with van der Waals surface area (Å²) in [5, 5.41) is 0. The summed E-state index contributed by atoms with van der Waals surface area (Å²) in [6.45, 7) is 2.67. The molecular weight excluding hydrogens is 367 g/mol. The number of primary amides is 1. The minimum Gasteiger partial charge on any atom is -0.368 e. The van der Waals surface area contributed by atoms with Gasteiger partial charge in [0.15, 0.2) is 11.2 Å². The predicted molar refractivity (Wildman–Crippen MR) is 101 cm³/mol. The van der Waals surface area contributed by atoms with Gasteiger partial charge in [0.2, 0.25) is 11.9 Å². The van der Waals surface area contributed by atoms with Gasteiger partial charge in [0.1, 0.15) is 12.4 Å². The molecule has 0 spiro atoms. The van der Waals surface area contributed by atoms with Gasteiger partial charge in [-0.05, 0) is 30.2 Å². The maximum atomic E-state index is 13.3. The number of amides is 1. The van der Waals surface area contributed by atoms with E-state index in [1.54, 1.807) is 16.7 Å². The third-order valence-electron chi connectivity index (χ3n) is 4.89. The van der Waals surface area contributed by atoms with Crippen LogP contribution in [0.5, 0.6) is 0 Å². The van der Waals surface area contributed by atoms with Crippen molar-refractivity contribution in [2.24, 2.45) is 18.7 Å². The van der Waals surface area contributed by atoms with Crippen LogP contribution in [0.3, 0.4) is 0 Å². The summed E-state index contributed by atoms with van der Waals surface area (Å²) in [6, 6.07) is 6.00. The molecule has 2 aromatic heterocycles. The molecule has 0 aliphatic carbocycles. The highest BCUT2D eigenvalue weighted by Crippen LogP contribution is 2.32. The Hall–Kier alpha value is -3.43. The zero-order valence-corrected chi connectivity index (χ0v) is 15.4. The molecule has 28 heavy (non-hydrogen) atoms. The van der Waals surface area contributed by atoms with Crippen molar-refractivity contribution < 1.29 is 9.18 Å². The largest absolute Gasteiger partial charge is 0.368 e. The van der Waals surface area contributed by atoms with E-state index in [9.17, 15) is 18.8 Å². The molecule has 3 heterocycles. The average molecular weight is 386 g/mol. The van der Waals surface area contributed by atoms with Gasteiger partial charge in [-0.25, -0.2) is 13.8 Å². The minimum atomic E-state index is -0.779. The molecule has 10 heteroatoms. The Morgan fingerprint density at radius 1 is 1.25 bits per heavy atom. The molecule has 4 rings (SSSR count). The quantitative estimate of drug-likeness (QED) is 0.697. The summed E-state index contributed by atoms with van der Waals surface area (Å²) in [5.74, 6) is -0.475. The molecule has 1 unspecified atom stereocenters. The number of nitrogens with zero attached hydrogens (tertiary/aromatic N) is 5. The van der Waals surface area contributed by atoms with Crippen molar-refractivity contribution >= 4 is 28.7 Å². The third-order valence-corrected chi connectivity index (χ3v) is 4.89. The van der Waals surface area contributed by atoms with Gasteiger partial charge in [-0.2, -0.15) is 4.98 Å². The summed E-state index contributed by atoms with van der Waals surface area (Å²) in [5.41, 5.74) is 5.12. The van der Waals surface area contributed by atoms with Gasteiger partial charge in [-0.3, -0.25) is 14.2 Å². The van der Waals surface area contributed by atoms with Crippen molar-refractivity contribution in [3.8, 4) is 0 Å². The molecule has 1 aliphatic rings. The molecule has 1 aliphatic heterocycles. The van der Waals surface area contributed by atoms with Crippen molar-refractivity contribution in [1.82, 2.24) is 18.7 Å². The number of aryl methyl sites for hydroxylation is 1. The van der Waals surface area contributed by atoms with Crippen LogP contribution in [0.1, 0.15) is 6.92 Å². The van der Waals surface area contributed by atoms with Crippen molar-refractivity contribution in [3.63, 3.8) is 0 Å². The van der Waals surface area contributed by atoms with Crippen LogP contribution in [0.2, 0.25) is 0 Å². The topological polar surface area (TPSA) is 108 Å². The van der Waals surface area contributed by atoms with E-state index < -0.39 is 23.7 Å². The van der Waals surface area contributed by atoms with Crippen LogP contribution in [-0.2, 0) is 24.9 Å². The van der Waals surface area contributed by atoms with E-state index in [2.05, 4.69) is 4.98 Å². The molecule has 0 radical (unpaired) electrons. The van der Waals surface area contributed by atoms with E-state index in [-0.39, 0.29) is 22.9 Å². The normalized spacial score (nSPS) is 16.4. The Morgan fingerprint density at radius 2 is 1.93 bits per heavy atom. The first-order valence-electron chi connectivity index (χ1n) is 8.79. The number of rotatable bonds is 3. The Morgan fingerprint density at radius 3 is 2.57 bits per heavy atom. The molecule has 0 saturated heterocycles. The second-order valence-corrected chi connectivity index (χ2v) is 7.09. The van der Waals surface area contributed by atoms with Gasteiger partial charge in [0.25, 0.3) is 5.56 Å². The summed E-state index contributed by atoms with van der Waals surface area (Å²) < 4.78 is 17.1. The number of carbonyl (C=O) groups excluding carboxylic acids is 1. The maximum absolute atomic E-state index is 13.3. The van der Waals surface area contributed by atoms with Crippen molar-refractivity contribution in [1.29, 1.82) is 0 Å². The van der Waals surface area contributed by atoms with Crippen LogP contribution >= 0.6 is 0 Å². The Balaban J connectivity index is 2.00. The third kappa shape index (κ3) is 2.68. The van der Waals surface area contributed by atoms with Gasteiger partial charge in [-0.1, -0.05) is 6.92 Å². The highest BCUT2D eigenvalue weighted by molar-refractivity contribution is 5.78. The average Bonchev–Trinajstić information content (AvgIpc) is 3.03. The molecule has 0 bridgehead atoms. The van der Waals surface area contributed by atoms with Gasteiger partial charge in [0.05, 0.1) is 0 Å². The zero-order valence-electron chi connectivity index (χ0n) is 15.4. The lowest BCUT2D eigenvalue weighted by molar-refractivity contribution is -0.118. The lowest BCUT2D eigenvalue weighted by Gasteiger charge is -2.32. The van der Waals surface area contributed by atoms with E-state index >= 15 is 0 Å². The first-order valence-corrected chi connectivity index (χ1v) is 8.79. The fourth-order valence-electron chi connectivity index (χ4n) is 3.64. The Kier molecular flexibility index (Phi) is 4.06. The second kappa shape index (κ2) is 6.32. The van der Waals surface area contributed by atoms with Crippen LogP contribution < -0.4 is 21.9 Å². The molecule has 1 amide bonds. The fourth-order valence-corrected chi connectivity index (χ4v) is 3.64. The van der Waals surface area contributed by atoms with Crippen LogP contribution in [-0.4, -0.2) is 31.1 Å². The summed E-state index contributed by atoms with van der Waals surface area (Å²) in [6.07, 6.45) is 0. The summed E-state index contributed by atoms with van der Waals surface area (Å²) in [4.78, 5) is 43.2. The number of nitrogens with two attached hydrogens (primary N) is 1. The number of hydrogen-bond acceptors (Lipinski definition) is 5. The number of anilines is 2. The van der Waals surface area contributed by atoms with Crippen LogP contribution in [0.15, 0.2) is 33.9 Å². The van der Waals surface area contributed by atoms with Crippen LogP contribution in [0.25, 0.3) is 11.2 Å². The zero-order chi connectivity index (χ0) is 20.2. The number of fused-ring (bicyclic) bond motifs is 3. The minimum absolute atomic E-state index is 0.163. The Bertz CT molecular complexity index is 1210. The first kappa shape index (κ1) is 18.0. The fraction of sp³-hybridized carbons (Fsp3) is 0.333. The van der Waals surface area contributed by atoms with Gasteiger partial charge >= 0.3 is 5.69 Å². The molecule has 9 nitrogen and oxygen atoms in total. The number of benzene rings is 1. The summed E-state index contributed by atoms with van der Waals surface area (Å²) in [7, 11) is 1.49. The highest BCUT2D eigenvalue weighted by atomic mass is 19.1. The van der Waals surface area contributed by atoms with E-state index in [4.69, 9.17) is 5.73 Å². The Labute approximate surface area is 158 Å². The SMILES string of the molecule is CC1CN(c2ccc(F)cc2)c2nc3c(c(=O)n(CC(N)=O)c(=O)n3C)n2C1. The van der Waals surface area contributed by atoms with E-state index in [0.717, 1.165) is 10.3 Å². The van der Waals surface area contributed by atoms with Gasteiger partial charge < -0.3 is 15.2 Å². The van der Waals surface area contributed by atoms with E-state index in [0.29, 0.717) is 19.0 Å². The lowest BCUT2D eigenvalue weighted by Crippen LogP contribution is -2.43. The van der Waals surface area contributed by atoms with Crippen LogP contribution in [0.4, 0.5) is 16.0 Å². The van der Waals surface area contributed by atoms with Crippen molar-refractivity contribution in [2.45, 2.75) is 20.0 Å². The number of aromatic nitrogens is 4. The smallest absolute Gasteiger partial charge is 0.332 e. The summed E-state index contributed by atoms with van der Waals surface area (Å²) >= 11 is 0. The van der Waals surface area contributed by atoms with Crippen molar-refractivity contribution in [3.05, 3.63) is 50.9 Å². The number of hydrogen-bond donors (Lipinski definition) is 1. The second-order valence-electron chi connectivity index (χ2n) is 7.09. The van der Waals surface area contributed by atoms with E-state index in [1.807, 2.05) is 11.8 Å². The van der Waals surface area contributed by atoms with Gasteiger partial charge in [0, 0.05) is 25.8 Å². The maximum Gasteiger partial charge on any atom is 0.332 e. The van der Waals surface area contributed by atoms with Crippen LogP contribution in [0, 0.1) is 11.7 Å². The number of halogens is 1. The molecule has 146 valence electrons. The standard InChI is InChI=1S/C18H19FN6O3/c1-10-7-23(12-5-3-11(19)4-6-12)17-21-15-14(24(17)8-10)16(27)25(9-13(20)26)18(28)22(15)2/h3-6,10H,7-9H2,1-2H3,(H2,20,26). The molecule has 2 N–H and O–H groups in total. The lowest BCUT2D eigenvalue weighted by atomic mass is 10.1. The molecule has 1 aromatic carbocycles. The highest BCUT2D eigenvalue weighted by Gasteiger charge is 2.30. The van der Waals surface area contributed by atoms with Gasteiger partial charge in [-0.15, -0.1) is 0 Å². The molecule has 0 fully saturated rings.